The van der Waals surface area contributed by atoms with Crippen LogP contribution in [0.25, 0.3) is 10.2 Å². The van der Waals surface area contributed by atoms with Gasteiger partial charge in [-0.25, -0.2) is 4.98 Å². The van der Waals surface area contributed by atoms with E-state index in [1.807, 2.05) is 40.7 Å². The zero-order valence-electron chi connectivity index (χ0n) is 13.5. The highest BCUT2D eigenvalue weighted by atomic mass is 32.1. The molecule has 3 heterocycles. The summed E-state index contributed by atoms with van der Waals surface area (Å²) in [5.74, 6) is 0.149. The predicted octanol–water partition coefficient (Wildman–Crippen LogP) is 3.58. The summed E-state index contributed by atoms with van der Waals surface area (Å²) in [4.78, 5) is 19.4. The molecule has 124 valence electrons. The smallest absolute Gasteiger partial charge is 0.254 e. The number of aryl methyl sites for hydroxylation is 1. The summed E-state index contributed by atoms with van der Waals surface area (Å²) in [5, 5.41) is 4.26. The molecule has 5 nitrogen and oxygen atoms in total. The minimum atomic E-state index is 0.149. The molecule has 0 bridgehead atoms. The van der Waals surface area contributed by atoms with Crippen molar-refractivity contribution in [1.29, 1.82) is 0 Å². The van der Waals surface area contributed by atoms with Gasteiger partial charge >= 0.3 is 0 Å². The Bertz CT molecular complexity index is 827. The van der Waals surface area contributed by atoms with Crippen LogP contribution in [-0.4, -0.2) is 38.2 Å². The lowest BCUT2D eigenvalue weighted by molar-refractivity contribution is 0.0594. The Morgan fingerprint density at radius 2 is 2.29 bits per heavy atom. The van der Waals surface area contributed by atoms with Crippen molar-refractivity contribution in [3.63, 3.8) is 0 Å². The van der Waals surface area contributed by atoms with Crippen molar-refractivity contribution in [1.82, 2.24) is 19.7 Å². The SMILES string of the molecule is O=C(c1ccc2ncsc2c1)N1CCCC[C@H]1CCn1cccn1. The number of fused-ring (bicyclic) bond motifs is 1. The number of carbonyl (C=O) groups excluding carboxylic acids is 1. The van der Waals surface area contributed by atoms with Crippen LogP contribution in [0.1, 0.15) is 36.0 Å². The number of aromatic nitrogens is 3. The molecule has 2 aromatic heterocycles. The fourth-order valence-electron chi connectivity index (χ4n) is 3.44. The molecule has 4 rings (SSSR count). The maximum absolute atomic E-state index is 13.0. The minimum absolute atomic E-state index is 0.149. The van der Waals surface area contributed by atoms with Crippen LogP contribution in [0.2, 0.25) is 0 Å². The molecule has 1 fully saturated rings. The number of hydrogen-bond donors (Lipinski definition) is 0. The van der Waals surface area contributed by atoms with Crippen LogP contribution in [-0.2, 0) is 6.54 Å². The van der Waals surface area contributed by atoms with E-state index in [0.717, 1.165) is 48.1 Å². The molecule has 1 saturated heterocycles. The van der Waals surface area contributed by atoms with Crippen LogP contribution >= 0.6 is 11.3 Å². The van der Waals surface area contributed by atoms with Crippen molar-refractivity contribution in [2.75, 3.05) is 6.54 Å². The van der Waals surface area contributed by atoms with Gasteiger partial charge in [0.1, 0.15) is 0 Å². The quantitative estimate of drug-likeness (QED) is 0.729. The third-order valence-corrected chi connectivity index (χ3v) is 5.51. The summed E-state index contributed by atoms with van der Waals surface area (Å²) in [6.45, 7) is 1.71. The summed E-state index contributed by atoms with van der Waals surface area (Å²) >= 11 is 1.58. The number of benzene rings is 1. The van der Waals surface area contributed by atoms with Crippen LogP contribution in [0, 0.1) is 0 Å². The van der Waals surface area contributed by atoms with Gasteiger partial charge in [-0.15, -0.1) is 11.3 Å². The molecular formula is C18H20N4OS. The van der Waals surface area contributed by atoms with Crippen LogP contribution in [0.5, 0.6) is 0 Å². The van der Waals surface area contributed by atoms with E-state index in [2.05, 4.69) is 15.0 Å². The fourth-order valence-corrected chi connectivity index (χ4v) is 4.15. The summed E-state index contributed by atoms with van der Waals surface area (Å²) in [6, 6.07) is 8.07. The molecule has 0 N–H and O–H groups in total. The molecular weight excluding hydrogens is 320 g/mol. The first kappa shape index (κ1) is 15.3. The van der Waals surface area contributed by atoms with Gasteiger partial charge in [-0.3, -0.25) is 9.48 Å². The first-order valence-electron chi connectivity index (χ1n) is 8.43. The molecule has 6 heteroatoms. The van der Waals surface area contributed by atoms with Crippen molar-refractivity contribution in [3.05, 3.63) is 47.7 Å². The standard InChI is InChI=1S/C18H20N4OS/c23-18(14-5-6-16-17(12-14)24-13-19-16)22-10-2-1-4-15(22)7-11-21-9-3-8-20-21/h3,5-6,8-9,12-13,15H,1-2,4,7,10-11H2/t15-/m0/s1. The first-order chi connectivity index (χ1) is 11.8. The largest absolute Gasteiger partial charge is 0.336 e. The monoisotopic (exact) mass is 340 g/mol. The molecule has 0 radical (unpaired) electrons. The second-order valence-electron chi connectivity index (χ2n) is 6.24. The van der Waals surface area contributed by atoms with Gasteiger partial charge in [0.25, 0.3) is 5.91 Å². The molecule has 0 unspecified atom stereocenters. The van der Waals surface area contributed by atoms with Crippen LogP contribution in [0.15, 0.2) is 42.2 Å². The highest BCUT2D eigenvalue weighted by Crippen LogP contribution is 2.25. The van der Waals surface area contributed by atoms with Gasteiger partial charge in [0.05, 0.1) is 15.7 Å². The number of nitrogens with zero attached hydrogens (tertiary/aromatic N) is 4. The number of rotatable bonds is 4. The zero-order chi connectivity index (χ0) is 16.4. The first-order valence-corrected chi connectivity index (χ1v) is 9.31. The van der Waals surface area contributed by atoms with E-state index in [0.29, 0.717) is 6.04 Å². The topological polar surface area (TPSA) is 51.0 Å². The number of carbonyl (C=O) groups is 1. The van der Waals surface area contributed by atoms with Crippen LogP contribution < -0.4 is 0 Å². The molecule has 0 spiro atoms. The number of likely N-dealkylation sites (tertiary alicyclic amines) is 1. The number of piperidine rings is 1. The molecule has 1 aromatic carbocycles. The summed E-state index contributed by atoms with van der Waals surface area (Å²) in [5.41, 5.74) is 3.57. The molecule has 0 aliphatic carbocycles. The van der Waals surface area contributed by atoms with E-state index in [9.17, 15) is 4.79 Å². The Balaban J connectivity index is 1.51. The molecule has 1 aliphatic rings. The lowest BCUT2D eigenvalue weighted by atomic mass is 9.98. The van der Waals surface area contributed by atoms with Crippen LogP contribution in [0.3, 0.4) is 0 Å². The molecule has 3 aromatic rings. The maximum atomic E-state index is 13.0. The molecule has 24 heavy (non-hydrogen) atoms. The van der Waals surface area contributed by atoms with Crippen molar-refractivity contribution in [2.24, 2.45) is 0 Å². The maximum Gasteiger partial charge on any atom is 0.254 e. The van der Waals surface area contributed by atoms with Gasteiger partial charge in [0.15, 0.2) is 0 Å². The van der Waals surface area contributed by atoms with Crippen LogP contribution in [0.4, 0.5) is 0 Å². The number of hydrogen-bond acceptors (Lipinski definition) is 4. The highest BCUT2D eigenvalue weighted by molar-refractivity contribution is 7.16. The van der Waals surface area contributed by atoms with Gasteiger partial charge in [-0.2, -0.15) is 5.10 Å². The molecule has 1 aliphatic heterocycles. The van der Waals surface area contributed by atoms with Gasteiger partial charge in [0.2, 0.25) is 0 Å². The third kappa shape index (κ3) is 3.06. The van der Waals surface area contributed by atoms with Gasteiger partial charge < -0.3 is 4.90 Å². The summed E-state index contributed by atoms with van der Waals surface area (Å²) in [7, 11) is 0. The molecule has 0 saturated carbocycles. The van der Waals surface area contributed by atoms with E-state index >= 15 is 0 Å². The normalized spacial score (nSPS) is 18.2. The van der Waals surface area contributed by atoms with Gasteiger partial charge in [0, 0.05) is 37.1 Å². The van der Waals surface area contributed by atoms with E-state index in [1.165, 1.54) is 6.42 Å². The summed E-state index contributed by atoms with van der Waals surface area (Å²) < 4.78 is 3.02. The average Bonchev–Trinajstić information content (AvgIpc) is 3.30. The van der Waals surface area contributed by atoms with E-state index in [-0.39, 0.29) is 5.91 Å². The molecule has 1 amide bonds. The van der Waals surface area contributed by atoms with E-state index in [1.54, 1.807) is 17.5 Å². The van der Waals surface area contributed by atoms with E-state index < -0.39 is 0 Å². The third-order valence-electron chi connectivity index (χ3n) is 4.72. The van der Waals surface area contributed by atoms with Gasteiger partial charge in [-0.1, -0.05) is 0 Å². The Morgan fingerprint density at radius 1 is 1.33 bits per heavy atom. The van der Waals surface area contributed by atoms with Crippen molar-refractivity contribution in [2.45, 2.75) is 38.3 Å². The Hall–Kier alpha value is -2.21. The van der Waals surface area contributed by atoms with Crippen molar-refractivity contribution < 1.29 is 4.79 Å². The lowest BCUT2D eigenvalue weighted by Crippen LogP contribution is -2.44. The minimum Gasteiger partial charge on any atom is -0.336 e. The zero-order valence-corrected chi connectivity index (χ0v) is 14.3. The van der Waals surface area contributed by atoms with Gasteiger partial charge in [-0.05, 0) is 49.9 Å². The number of thiazole rings is 1. The average molecular weight is 340 g/mol. The molecule has 1 atom stereocenters. The second kappa shape index (κ2) is 6.73. The lowest BCUT2D eigenvalue weighted by Gasteiger charge is -2.36. The Labute approximate surface area is 144 Å². The summed E-state index contributed by atoms with van der Waals surface area (Å²) in [6.07, 6.45) is 8.10. The Kier molecular flexibility index (Phi) is 4.30. The Morgan fingerprint density at radius 3 is 3.17 bits per heavy atom. The number of amides is 1. The van der Waals surface area contributed by atoms with Crippen molar-refractivity contribution >= 4 is 27.5 Å². The van der Waals surface area contributed by atoms with Crippen molar-refractivity contribution in [3.8, 4) is 0 Å². The highest BCUT2D eigenvalue weighted by Gasteiger charge is 2.27. The van der Waals surface area contributed by atoms with E-state index in [4.69, 9.17) is 0 Å². The fraction of sp³-hybridized carbons (Fsp3) is 0.389. The predicted molar refractivity (Wildman–Crippen MR) is 95.1 cm³/mol. The second-order valence-corrected chi connectivity index (χ2v) is 7.13.